The summed E-state index contributed by atoms with van der Waals surface area (Å²) in [6, 6.07) is 3.86. The standard InChI is InChI=1S/C12H17FN2O2S/c1-9-4-5-11(7-12(9)13)18(16,17)15-6-2-3-10(14)8-15/h4-5,7,10H,2-3,6,8,14H2,1H3. The van der Waals surface area contributed by atoms with Crippen LogP contribution in [0.2, 0.25) is 0 Å². The third kappa shape index (κ3) is 2.55. The van der Waals surface area contributed by atoms with Gasteiger partial charge < -0.3 is 5.73 Å². The monoisotopic (exact) mass is 272 g/mol. The first kappa shape index (κ1) is 13.5. The van der Waals surface area contributed by atoms with E-state index in [9.17, 15) is 12.8 Å². The van der Waals surface area contributed by atoms with Crippen LogP contribution in [-0.4, -0.2) is 31.9 Å². The van der Waals surface area contributed by atoms with Crippen LogP contribution in [-0.2, 0) is 10.0 Å². The van der Waals surface area contributed by atoms with E-state index >= 15 is 0 Å². The first-order valence-corrected chi connectivity index (χ1v) is 7.37. The summed E-state index contributed by atoms with van der Waals surface area (Å²) >= 11 is 0. The van der Waals surface area contributed by atoms with Gasteiger partial charge in [0.2, 0.25) is 10.0 Å². The van der Waals surface area contributed by atoms with Crippen LogP contribution in [0.25, 0.3) is 0 Å². The molecule has 1 aliphatic rings. The van der Waals surface area contributed by atoms with Crippen molar-refractivity contribution in [2.24, 2.45) is 5.73 Å². The molecule has 0 amide bonds. The maximum Gasteiger partial charge on any atom is 0.243 e. The fourth-order valence-electron chi connectivity index (χ4n) is 2.08. The SMILES string of the molecule is Cc1ccc(S(=O)(=O)N2CCCC(N)C2)cc1F. The Labute approximate surface area is 107 Å². The Morgan fingerprint density at radius 2 is 2.17 bits per heavy atom. The fourth-order valence-corrected chi connectivity index (χ4v) is 3.62. The van der Waals surface area contributed by atoms with Gasteiger partial charge in [-0.05, 0) is 37.5 Å². The lowest BCUT2D eigenvalue weighted by atomic mass is 10.1. The van der Waals surface area contributed by atoms with E-state index < -0.39 is 15.8 Å². The first-order chi connectivity index (χ1) is 8.41. The number of hydrogen-bond acceptors (Lipinski definition) is 3. The Balaban J connectivity index is 2.32. The minimum absolute atomic E-state index is 0.000278. The van der Waals surface area contributed by atoms with Gasteiger partial charge in [-0.3, -0.25) is 0 Å². The van der Waals surface area contributed by atoms with Crippen molar-refractivity contribution in [3.8, 4) is 0 Å². The second-order valence-corrected chi connectivity index (χ2v) is 6.61. The first-order valence-electron chi connectivity index (χ1n) is 5.93. The Morgan fingerprint density at radius 3 is 2.78 bits per heavy atom. The van der Waals surface area contributed by atoms with Crippen molar-refractivity contribution in [3.63, 3.8) is 0 Å². The summed E-state index contributed by atoms with van der Waals surface area (Å²) in [7, 11) is -3.62. The summed E-state index contributed by atoms with van der Waals surface area (Å²) in [5.74, 6) is -0.502. The lowest BCUT2D eigenvalue weighted by Crippen LogP contribution is -2.45. The van der Waals surface area contributed by atoms with E-state index in [2.05, 4.69) is 0 Å². The van der Waals surface area contributed by atoms with Crippen LogP contribution in [0.15, 0.2) is 23.1 Å². The number of halogens is 1. The summed E-state index contributed by atoms with van der Waals surface area (Å²) in [5.41, 5.74) is 6.21. The third-order valence-electron chi connectivity index (χ3n) is 3.20. The molecule has 1 fully saturated rings. The summed E-state index contributed by atoms with van der Waals surface area (Å²) < 4.78 is 39.4. The summed E-state index contributed by atoms with van der Waals surface area (Å²) in [6.07, 6.45) is 1.57. The van der Waals surface area contributed by atoms with E-state index in [1.54, 1.807) is 6.92 Å². The summed E-state index contributed by atoms with van der Waals surface area (Å²) in [5, 5.41) is 0. The second-order valence-electron chi connectivity index (χ2n) is 4.68. The van der Waals surface area contributed by atoms with Gasteiger partial charge in [0.1, 0.15) is 5.82 Å². The quantitative estimate of drug-likeness (QED) is 0.881. The number of piperidine rings is 1. The zero-order chi connectivity index (χ0) is 13.3. The summed E-state index contributed by atoms with van der Waals surface area (Å²) in [6.45, 7) is 2.35. The molecule has 0 radical (unpaired) electrons. The fraction of sp³-hybridized carbons (Fsp3) is 0.500. The molecular formula is C12H17FN2O2S. The normalized spacial score (nSPS) is 22.1. The van der Waals surface area contributed by atoms with Crippen molar-refractivity contribution >= 4 is 10.0 Å². The van der Waals surface area contributed by atoms with Gasteiger partial charge in [-0.2, -0.15) is 4.31 Å². The minimum atomic E-state index is -3.62. The summed E-state index contributed by atoms with van der Waals surface area (Å²) in [4.78, 5) is -0.000278. The topological polar surface area (TPSA) is 63.4 Å². The average molecular weight is 272 g/mol. The molecule has 1 heterocycles. The third-order valence-corrected chi connectivity index (χ3v) is 5.06. The Hall–Kier alpha value is -0.980. The highest BCUT2D eigenvalue weighted by Crippen LogP contribution is 2.21. The second kappa shape index (κ2) is 4.95. The molecule has 0 bridgehead atoms. The van der Waals surface area contributed by atoms with Crippen molar-refractivity contribution in [2.45, 2.75) is 30.7 Å². The van der Waals surface area contributed by atoms with Crippen LogP contribution in [0.3, 0.4) is 0 Å². The smallest absolute Gasteiger partial charge is 0.243 e. The van der Waals surface area contributed by atoms with Gasteiger partial charge in [0.05, 0.1) is 4.90 Å². The molecule has 4 nitrogen and oxygen atoms in total. The number of rotatable bonds is 2. The maximum absolute atomic E-state index is 13.4. The van der Waals surface area contributed by atoms with Crippen LogP contribution < -0.4 is 5.73 Å². The van der Waals surface area contributed by atoms with E-state index in [4.69, 9.17) is 5.73 Å². The Bertz CT molecular complexity index is 545. The molecule has 1 unspecified atom stereocenters. The van der Waals surface area contributed by atoms with Gasteiger partial charge in [-0.15, -0.1) is 0 Å². The number of hydrogen-bond donors (Lipinski definition) is 1. The van der Waals surface area contributed by atoms with Gasteiger partial charge in [-0.25, -0.2) is 12.8 Å². The number of benzene rings is 1. The molecule has 2 N–H and O–H groups in total. The van der Waals surface area contributed by atoms with Crippen molar-refractivity contribution in [1.82, 2.24) is 4.31 Å². The van der Waals surface area contributed by atoms with E-state index in [1.165, 1.54) is 16.4 Å². The Morgan fingerprint density at radius 1 is 1.44 bits per heavy atom. The van der Waals surface area contributed by atoms with Crippen LogP contribution >= 0.6 is 0 Å². The lowest BCUT2D eigenvalue weighted by Gasteiger charge is -2.29. The lowest BCUT2D eigenvalue weighted by molar-refractivity contribution is 0.316. The molecule has 100 valence electrons. The van der Waals surface area contributed by atoms with Gasteiger partial charge in [-0.1, -0.05) is 6.07 Å². The van der Waals surface area contributed by atoms with E-state index in [0.29, 0.717) is 18.7 Å². The molecule has 0 spiro atoms. The molecule has 1 saturated heterocycles. The largest absolute Gasteiger partial charge is 0.327 e. The van der Waals surface area contributed by atoms with Crippen LogP contribution in [0.4, 0.5) is 4.39 Å². The average Bonchev–Trinajstić information content (AvgIpc) is 2.32. The molecule has 1 aliphatic heterocycles. The predicted octanol–water partition coefficient (Wildman–Crippen LogP) is 1.25. The minimum Gasteiger partial charge on any atom is -0.327 e. The van der Waals surface area contributed by atoms with Crippen molar-refractivity contribution < 1.29 is 12.8 Å². The van der Waals surface area contributed by atoms with Gasteiger partial charge in [0, 0.05) is 19.1 Å². The maximum atomic E-state index is 13.4. The van der Waals surface area contributed by atoms with E-state index in [0.717, 1.165) is 18.9 Å². The van der Waals surface area contributed by atoms with Crippen molar-refractivity contribution in [1.29, 1.82) is 0 Å². The van der Waals surface area contributed by atoms with Gasteiger partial charge >= 0.3 is 0 Å². The molecule has 1 atom stereocenters. The van der Waals surface area contributed by atoms with Crippen molar-refractivity contribution in [3.05, 3.63) is 29.6 Å². The molecule has 18 heavy (non-hydrogen) atoms. The molecule has 1 aromatic rings. The molecule has 2 rings (SSSR count). The van der Waals surface area contributed by atoms with Crippen molar-refractivity contribution in [2.75, 3.05) is 13.1 Å². The van der Waals surface area contributed by atoms with Crippen LogP contribution in [0, 0.1) is 12.7 Å². The number of nitrogens with two attached hydrogens (primary N) is 1. The zero-order valence-electron chi connectivity index (χ0n) is 10.3. The number of aryl methyl sites for hydroxylation is 1. The molecule has 0 aromatic heterocycles. The zero-order valence-corrected chi connectivity index (χ0v) is 11.1. The predicted molar refractivity (Wildman–Crippen MR) is 67.1 cm³/mol. The Kier molecular flexibility index (Phi) is 3.70. The molecule has 1 aromatic carbocycles. The number of nitrogens with zero attached hydrogens (tertiary/aromatic N) is 1. The number of sulfonamides is 1. The highest BCUT2D eigenvalue weighted by Gasteiger charge is 2.29. The van der Waals surface area contributed by atoms with Crippen LogP contribution in [0.1, 0.15) is 18.4 Å². The molecular weight excluding hydrogens is 255 g/mol. The highest BCUT2D eigenvalue weighted by molar-refractivity contribution is 7.89. The van der Waals surface area contributed by atoms with Gasteiger partial charge in [0.25, 0.3) is 0 Å². The molecule has 0 saturated carbocycles. The highest BCUT2D eigenvalue weighted by atomic mass is 32.2. The van der Waals surface area contributed by atoms with Gasteiger partial charge in [0.15, 0.2) is 0 Å². The van der Waals surface area contributed by atoms with Crippen LogP contribution in [0.5, 0.6) is 0 Å². The van der Waals surface area contributed by atoms with E-state index in [1.807, 2.05) is 0 Å². The molecule has 0 aliphatic carbocycles. The molecule has 6 heteroatoms. The van der Waals surface area contributed by atoms with E-state index in [-0.39, 0.29) is 10.9 Å².